The molecule has 5 rings (SSSR count). The highest BCUT2D eigenvalue weighted by Crippen LogP contribution is 2.22. The Balaban J connectivity index is 1.45. The van der Waals surface area contributed by atoms with E-state index in [1.165, 1.54) is 0 Å². The van der Waals surface area contributed by atoms with Gasteiger partial charge in [0.25, 0.3) is 0 Å². The van der Waals surface area contributed by atoms with E-state index < -0.39 is 0 Å². The molecule has 0 radical (unpaired) electrons. The summed E-state index contributed by atoms with van der Waals surface area (Å²) in [5.41, 5.74) is 6.92. The average molecular weight is 375 g/mol. The van der Waals surface area contributed by atoms with Crippen LogP contribution in [0, 0.1) is 6.92 Å². The smallest absolute Gasteiger partial charge is 0.160 e. The van der Waals surface area contributed by atoms with E-state index in [9.17, 15) is 0 Å². The van der Waals surface area contributed by atoms with Gasteiger partial charge in [-0.25, -0.2) is 4.98 Å². The molecule has 1 aliphatic rings. The molecular weight excluding hydrogens is 354 g/mol. The number of fused-ring (bicyclic) bond motifs is 2. The van der Waals surface area contributed by atoms with E-state index in [2.05, 4.69) is 36.6 Å². The van der Waals surface area contributed by atoms with Crippen molar-refractivity contribution in [2.24, 2.45) is 5.10 Å². The Labute approximate surface area is 161 Å². The largest absolute Gasteiger partial charge is 0.378 e. The van der Waals surface area contributed by atoms with Crippen molar-refractivity contribution in [2.75, 3.05) is 36.6 Å². The summed E-state index contributed by atoms with van der Waals surface area (Å²) >= 11 is 0. The number of morpholine rings is 1. The molecule has 0 unspecified atom stereocenters. The molecule has 1 fully saturated rings. The lowest BCUT2D eigenvalue weighted by Crippen LogP contribution is -2.37. The molecule has 1 saturated heterocycles. The molecule has 4 heterocycles. The fraction of sp³-hybridized carbons (Fsp3) is 0.250. The Bertz CT molecular complexity index is 1150. The molecule has 3 aromatic heterocycles. The van der Waals surface area contributed by atoms with Gasteiger partial charge in [-0.1, -0.05) is 18.2 Å². The number of H-pyrrole nitrogens is 1. The third-order valence-electron chi connectivity index (χ3n) is 4.87. The Hall–Kier alpha value is -3.39. The summed E-state index contributed by atoms with van der Waals surface area (Å²) in [7, 11) is 0. The lowest BCUT2D eigenvalue weighted by Gasteiger charge is -2.29. The fourth-order valence-corrected chi connectivity index (χ4v) is 3.52. The average Bonchev–Trinajstić information content (AvgIpc) is 3.31. The maximum Gasteiger partial charge on any atom is 0.160 e. The van der Waals surface area contributed by atoms with Crippen molar-refractivity contribution < 1.29 is 4.74 Å². The molecule has 0 bridgehead atoms. The number of aromatic nitrogens is 4. The van der Waals surface area contributed by atoms with Crippen LogP contribution >= 0.6 is 0 Å². The molecule has 8 heteroatoms. The Kier molecular flexibility index (Phi) is 4.17. The summed E-state index contributed by atoms with van der Waals surface area (Å²) < 4.78 is 7.37. The molecule has 28 heavy (non-hydrogen) atoms. The van der Waals surface area contributed by atoms with Crippen LogP contribution in [0.2, 0.25) is 0 Å². The van der Waals surface area contributed by atoms with Gasteiger partial charge in [0, 0.05) is 47.9 Å². The van der Waals surface area contributed by atoms with Gasteiger partial charge in [0.15, 0.2) is 11.5 Å². The predicted molar refractivity (Wildman–Crippen MR) is 110 cm³/mol. The zero-order valence-corrected chi connectivity index (χ0v) is 15.6. The normalized spacial score (nSPS) is 15.1. The molecule has 142 valence electrons. The molecule has 8 nitrogen and oxygen atoms in total. The van der Waals surface area contributed by atoms with Crippen LogP contribution in [0.1, 0.15) is 11.3 Å². The summed E-state index contributed by atoms with van der Waals surface area (Å²) in [4.78, 5) is 10.2. The third-order valence-corrected chi connectivity index (χ3v) is 4.87. The first kappa shape index (κ1) is 16.8. The van der Waals surface area contributed by atoms with E-state index in [-0.39, 0.29) is 0 Å². The minimum absolute atomic E-state index is 0.685. The SMILES string of the molecule is Cc1cc2nc(N/N=C\c3c[nH]c4ccccc34)cc(N3CCOCC3)n2n1. The molecule has 0 amide bonds. The van der Waals surface area contributed by atoms with Crippen molar-refractivity contribution in [3.63, 3.8) is 0 Å². The standard InChI is InChI=1S/C20H21N7O/c1-14-10-19-23-18(11-20(27(19)25-14)26-6-8-28-9-7-26)24-22-13-15-12-21-17-5-3-2-4-16(15)17/h2-5,10-13,21H,6-9H2,1H3,(H,23,24)/b22-13-. The number of ether oxygens (including phenoxy) is 1. The number of para-hydroxylation sites is 1. The molecule has 1 aliphatic heterocycles. The minimum Gasteiger partial charge on any atom is -0.378 e. The second-order valence-corrected chi connectivity index (χ2v) is 6.81. The number of rotatable bonds is 4. The maximum absolute atomic E-state index is 5.48. The van der Waals surface area contributed by atoms with E-state index in [0.717, 1.165) is 46.7 Å². The van der Waals surface area contributed by atoms with Crippen LogP contribution in [0.5, 0.6) is 0 Å². The van der Waals surface area contributed by atoms with Gasteiger partial charge in [0.1, 0.15) is 5.82 Å². The van der Waals surface area contributed by atoms with Crippen molar-refractivity contribution in [3.8, 4) is 0 Å². The van der Waals surface area contributed by atoms with Gasteiger partial charge in [0.05, 0.1) is 25.1 Å². The van der Waals surface area contributed by atoms with Crippen LogP contribution in [0.3, 0.4) is 0 Å². The Morgan fingerprint density at radius 3 is 2.96 bits per heavy atom. The highest BCUT2D eigenvalue weighted by atomic mass is 16.5. The van der Waals surface area contributed by atoms with Crippen molar-refractivity contribution in [3.05, 3.63) is 53.9 Å². The molecule has 4 aromatic rings. The van der Waals surface area contributed by atoms with Gasteiger partial charge in [-0.05, 0) is 13.0 Å². The molecule has 1 aromatic carbocycles. The van der Waals surface area contributed by atoms with E-state index in [4.69, 9.17) is 4.74 Å². The number of nitrogens with zero attached hydrogens (tertiary/aromatic N) is 5. The van der Waals surface area contributed by atoms with Crippen molar-refractivity contribution in [1.29, 1.82) is 0 Å². The lowest BCUT2D eigenvalue weighted by atomic mass is 10.2. The number of hydrazone groups is 1. The van der Waals surface area contributed by atoms with E-state index >= 15 is 0 Å². The van der Waals surface area contributed by atoms with Gasteiger partial charge in [-0.15, -0.1) is 0 Å². The zero-order valence-electron chi connectivity index (χ0n) is 15.6. The van der Waals surface area contributed by atoms with Gasteiger partial charge in [-0.3, -0.25) is 5.43 Å². The minimum atomic E-state index is 0.685. The molecule has 0 aliphatic carbocycles. The number of benzene rings is 1. The fourth-order valence-electron chi connectivity index (χ4n) is 3.52. The number of nitrogens with one attached hydrogen (secondary N) is 2. The van der Waals surface area contributed by atoms with Crippen LogP contribution in [-0.4, -0.2) is 52.1 Å². The monoisotopic (exact) mass is 375 g/mol. The van der Waals surface area contributed by atoms with E-state index in [1.807, 2.05) is 48.0 Å². The van der Waals surface area contributed by atoms with Crippen molar-refractivity contribution in [2.45, 2.75) is 6.92 Å². The van der Waals surface area contributed by atoms with Crippen molar-refractivity contribution in [1.82, 2.24) is 19.6 Å². The summed E-state index contributed by atoms with van der Waals surface area (Å²) in [6, 6.07) is 12.1. The first-order valence-corrected chi connectivity index (χ1v) is 9.33. The molecular formula is C20H21N7O. The second-order valence-electron chi connectivity index (χ2n) is 6.81. The van der Waals surface area contributed by atoms with E-state index in [1.54, 1.807) is 6.21 Å². The number of anilines is 2. The third kappa shape index (κ3) is 3.07. The summed E-state index contributed by atoms with van der Waals surface area (Å²) in [6.07, 6.45) is 3.76. The van der Waals surface area contributed by atoms with E-state index in [0.29, 0.717) is 19.0 Å². The maximum atomic E-state index is 5.48. The highest BCUT2D eigenvalue weighted by molar-refractivity contribution is 5.99. The van der Waals surface area contributed by atoms with Gasteiger partial charge in [-0.2, -0.15) is 14.7 Å². The molecule has 0 atom stereocenters. The second kappa shape index (κ2) is 6.97. The summed E-state index contributed by atoms with van der Waals surface area (Å²) in [5.74, 6) is 1.68. The molecule has 2 N–H and O–H groups in total. The van der Waals surface area contributed by atoms with Crippen molar-refractivity contribution >= 4 is 34.4 Å². The van der Waals surface area contributed by atoms with Gasteiger partial charge >= 0.3 is 0 Å². The topological polar surface area (TPSA) is 82.8 Å². The number of hydrogen-bond acceptors (Lipinski definition) is 6. The highest BCUT2D eigenvalue weighted by Gasteiger charge is 2.17. The lowest BCUT2D eigenvalue weighted by molar-refractivity contribution is 0.122. The van der Waals surface area contributed by atoms with Crippen LogP contribution in [0.15, 0.2) is 47.7 Å². The van der Waals surface area contributed by atoms with Crippen LogP contribution < -0.4 is 10.3 Å². The van der Waals surface area contributed by atoms with Gasteiger partial charge in [0.2, 0.25) is 0 Å². The van der Waals surface area contributed by atoms with Crippen LogP contribution in [0.4, 0.5) is 11.6 Å². The first-order valence-electron chi connectivity index (χ1n) is 9.33. The van der Waals surface area contributed by atoms with Crippen LogP contribution in [-0.2, 0) is 4.74 Å². The quantitative estimate of drug-likeness (QED) is 0.423. The Morgan fingerprint density at radius 2 is 2.07 bits per heavy atom. The first-order chi connectivity index (χ1) is 13.8. The number of aryl methyl sites for hydroxylation is 1. The molecule has 0 saturated carbocycles. The van der Waals surface area contributed by atoms with Gasteiger partial charge < -0.3 is 14.6 Å². The van der Waals surface area contributed by atoms with Crippen LogP contribution in [0.25, 0.3) is 16.6 Å². The zero-order chi connectivity index (χ0) is 18.9. The predicted octanol–water partition coefficient (Wildman–Crippen LogP) is 2.80. The Morgan fingerprint density at radius 1 is 1.21 bits per heavy atom. The number of aromatic amines is 1. The summed E-state index contributed by atoms with van der Waals surface area (Å²) in [6.45, 7) is 5.06. The number of hydrogen-bond donors (Lipinski definition) is 2. The summed E-state index contributed by atoms with van der Waals surface area (Å²) in [5, 5.41) is 10.1. The molecule has 0 spiro atoms.